The van der Waals surface area contributed by atoms with Crippen LogP contribution in [-0.2, 0) is 49.5 Å². The number of fused-ring (bicyclic) bond motifs is 1. The van der Waals surface area contributed by atoms with E-state index in [1.54, 1.807) is 24.3 Å². The summed E-state index contributed by atoms with van der Waals surface area (Å²) in [4.78, 5) is 47.1. The average Bonchev–Trinajstić information content (AvgIpc) is 3.20. The summed E-state index contributed by atoms with van der Waals surface area (Å²) >= 11 is 0. The van der Waals surface area contributed by atoms with Crippen LogP contribution in [0.1, 0.15) is 33.5 Å². The van der Waals surface area contributed by atoms with Gasteiger partial charge in [0, 0.05) is 27.7 Å². The van der Waals surface area contributed by atoms with Crippen LogP contribution in [-0.4, -0.2) is 66.3 Å². The van der Waals surface area contributed by atoms with Crippen molar-refractivity contribution in [2.24, 2.45) is 0 Å². The summed E-state index contributed by atoms with van der Waals surface area (Å²) in [7, 11) is 0. The van der Waals surface area contributed by atoms with Gasteiger partial charge in [-0.2, -0.15) is 0 Å². The number of carbonyl (C=O) groups excluding carboxylic acids is 4. The van der Waals surface area contributed by atoms with Crippen molar-refractivity contribution >= 4 is 34.8 Å². The molecule has 3 rings (SSSR count). The molecule has 0 unspecified atom stereocenters. The van der Waals surface area contributed by atoms with Gasteiger partial charge in [0.25, 0.3) is 0 Å². The summed E-state index contributed by atoms with van der Waals surface area (Å²) in [6, 6.07) is 6.45. The Bertz CT molecular complexity index is 1090. The Morgan fingerprint density at radius 2 is 1.51 bits per heavy atom. The number of aliphatic hydroxyl groups is 1. The first-order valence-corrected chi connectivity index (χ1v) is 10.7. The standard InChI is InChI=1S/C23H26O12/c1-11(25)29-10-19-20(30-12(2)26)21(31-13(3)27)22(32-14(4)28)23(35-19)34-18-7-5-6-17-16(18)8-15(9-24)33-17/h5-8,19-24H,9-10H2,1-4H3/t19-,20+,21+,22-,23-/m1/s1. The topological polar surface area (TPSA) is 157 Å². The highest BCUT2D eigenvalue weighted by atomic mass is 16.7. The van der Waals surface area contributed by atoms with E-state index in [2.05, 4.69) is 0 Å². The molecule has 12 heteroatoms. The number of aliphatic hydroxyl groups excluding tert-OH is 1. The van der Waals surface area contributed by atoms with E-state index >= 15 is 0 Å². The maximum Gasteiger partial charge on any atom is 0.303 e. The predicted octanol–water partition coefficient (Wildman–Crippen LogP) is 1.39. The minimum atomic E-state index is -1.38. The zero-order chi connectivity index (χ0) is 25.7. The van der Waals surface area contributed by atoms with Crippen LogP contribution in [0.3, 0.4) is 0 Å². The number of ether oxygens (including phenoxy) is 6. The van der Waals surface area contributed by atoms with Crippen molar-refractivity contribution < 1.29 is 57.1 Å². The number of carbonyl (C=O) groups is 4. The molecule has 190 valence electrons. The fourth-order valence-electron chi connectivity index (χ4n) is 3.68. The van der Waals surface area contributed by atoms with Gasteiger partial charge in [0.1, 0.15) is 36.4 Å². The molecule has 1 fully saturated rings. The predicted molar refractivity (Wildman–Crippen MR) is 115 cm³/mol. The molecule has 12 nitrogen and oxygen atoms in total. The van der Waals surface area contributed by atoms with Crippen LogP contribution >= 0.6 is 0 Å². The number of furan rings is 1. The normalized spacial score (nSPS) is 23.9. The molecular formula is C23H26O12. The molecule has 1 aliphatic heterocycles. The van der Waals surface area contributed by atoms with E-state index in [9.17, 15) is 24.3 Å². The van der Waals surface area contributed by atoms with Gasteiger partial charge in [0.2, 0.25) is 12.4 Å². The SMILES string of the molecule is CC(=O)OC[C@H]1O[C@@H](Oc2cccc3oc(CO)cc23)[C@H](OC(C)=O)[C@@H](OC(C)=O)[C@H]1OC(C)=O. The van der Waals surface area contributed by atoms with Gasteiger partial charge in [0.05, 0.1) is 5.39 Å². The molecule has 0 amide bonds. The molecule has 1 aromatic carbocycles. The third-order valence-electron chi connectivity index (χ3n) is 4.92. The third kappa shape index (κ3) is 6.49. The molecule has 1 saturated heterocycles. The number of rotatable bonds is 8. The van der Waals surface area contributed by atoms with Crippen LogP contribution < -0.4 is 4.74 Å². The molecule has 0 spiro atoms. The number of esters is 4. The minimum absolute atomic E-state index is 0.242. The molecule has 5 atom stereocenters. The molecule has 0 radical (unpaired) electrons. The summed E-state index contributed by atoms with van der Waals surface area (Å²) in [6.07, 6.45) is -6.52. The van der Waals surface area contributed by atoms with Gasteiger partial charge in [-0.25, -0.2) is 0 Å². The maximum atomic E-state index is 11.9. The van der Waals surface area contributed by atoms with E-state index in [1.807, 2.05) is 0 Å². The Morgan fingerprint density at radius 1 is 0.886 bits per heavy atom. The highest BCUT2D eigenvalue weighted by Crippen LogP contribution is 2.34. The molecule has 1 N–H and O–H groups in total. The second-order valence-corrected chi connectivity index (χ2v) is 7.72. The van der Waals surface area contributed by atoms with E-state index in [-0.39, 0.29) is 24.7 Å². The first kappa shape index (κ1) is 26.0. The number of benzene rings is 1. The van der Waals surface area contributed by atoms with Crippen molar-refractivity contribution in [1.82, 2.24) is 0 Å². The van der Waals surface area contributed by atoms with Gasteiger partial charge in [-0.05, 0) is 18.2 Å². The van der Waals surface area contributed by atoms with Gasteiger partial charge in [0.15, 0.2) is 12.2 Å². The molecule has 0 aliphatic carbocycles. The van der Waals surface area contributed by atoms with Gasteiger partial charge in [-0.1, -0.05) is 6.07 Å². The monoisotopic (exact) mass is 494 g/mol. The van der Waals surface area contributed by atoms with Crippen molar-refractivity contribution in [1.29, 1.82) is 0 Å². The Labute approximate surface area is 199 Å². The lowest BCUT2D eigenvalue weighted by Crippen LogP contribution is -2.63. The second-order valence-electron chi connectivity index (χ2n) is 7.72. The molecule has 2 aromatic rings. The lowest BCUT2D eigenvalue weighted by Gasteiger charge is -2.43. The highest BCUT2D eigenvalue weighted by molar-refractivity contribution is 5.84. The second kappa shape index (κ2) is 11.2. The summed E-state index contributed by atoms with van der Waals surface area (Å²) in [6.45, 7) is 3.87. The Kier molecular flexibility index (Phi) is 8.30. The number of hydrogen-bond acceptors (Lipinski definition) is 12. The first-order valence-electron chi connectivity index (χ1n) is 10.7. The molecule has 2 heterocycles. The van der Waals surface area contributed by atoms with E-state index in [0.717, 1.165) is 20.8 Å². The van der Waals surface area contributed by atoms with Gasteiger partial charge in [-0.3, -0.25) is 19.2 Å². The van der Waals surface area contributed by atoms with Gasteiger partial charge >= 0.3 is 23.9 Å². The van der Waals surface area contributed by atoms with E-state index in [0.29, 0.717) is 11.0 Å². The fraction of sp³-hybridized carbons (Fsp3) is 0.478. The summed E-state index contributed by atoms with van der Waals surface area (Å²) in [5.41, 5.74) is 0.414. The lowest BCUT2D eigenvalue weighted by atomic mass is 9.98. The quantitative estimate of drug-likeness (QED) is 0.416. The van der Waals surface area contributed by atoms with Gasteiger partial charge < -0.3 is 37.9 Å². The van der Waals surface area contributed by atoms with Crippen molar-refractivity contribution in [2.45, 2.75) is 65.0 Å². The highest BCUT2D eigenvalue weighted by Gasteiger charge is 2.53. The van der Waals surface area contributed by atoms with Crippen LogP contribution in [0.2, 0.25) is 0 Å². The van der Waals surface area contributed by atoms with Crippen molar-refractivity contribution in [2.75, 3.05) is 6.61 Å². The zero-order valence-corrected chi connectivity index (χ0v) is 19.5. The maximum absolute atomic E-state index is 11.9. The van der Waals surface area contributed by atoms with E-state index in [1.165, 1.54) is 6.92 Å². The summed E-state index contributed by atoms with van der Waals surface area (Å²) < 4.78 is 38.6. The van der Waals surface area contributed by atoms with Crippen LogP contribution in [0, 0.1) is 0 Å². The summed E-state index contributed by atoms with van der Waals surface area (Å²) in [5, 5.41) is 9.89. The molecule has 1 aromatic heterocycles. The number of hydrogen-bond donors (Lipinski definition) is 1. The Balaban J connectivity index is 2.03. The van der Waals surface area contributed by atoms with Gasteiger partial charge in [-0.15, -0.1) is 0 Å². The largest absolute Gasteiger partial charge is 0.463 e. The van der Waals surface area contributed by atoms with Crippen LogP contribution in [0.25, 0.3) is 11.0 Å². The molecule has 1 aliphatic rings. The molecule has 0 bridgehead atoms. The molecular weight excluding hydrogens is 468 g/mol. The van der Waals surface area contributed by atoms with Crippen LogP contribution in [0.4, 0.5) is 0 Å². The lowest BCUT2D eigenvalue weighted by molar-refractivity contribution is -0.288. The minimum Gasteiger partial charge on any atom is -0.463 e. The van der Waals surface area contributed by atoms with Crippen molar-refractivity contribution in [3.63, 3.8) is 0 Å². The van der Waals surface area contributed by atoms with Crippen LogP contribution in [0.5, 0.6) is 5.75 Å². The van der Waals surface area contributed by atoms with Crippen LogP contribution in [0.15, 0.2) is 28.7 Å². The molecule has 0 saturated carbocycles. The van der Waals surface area contributed by atoms with E-state index in [4.69, 9.17) is 32.8 Å². The fourth-order valence-corrected chi connectivity index (χ4v) is 3.68. The first-order chi connectivity index (χ1) is 16.6. The van der Waals surface area contributed by atoms with Crippen molar-refractivity contribution in [3.05, 3.63) is 30.0 Å². The smallest absolute Gasteiger partial charge is 0.303 e. The third-order valence-corrected chi connectivity index (χ3v) is 4.92. The molecule has 35 heavy (non-hydrogen) atoms. The summed E-state index contributed by atoms with van der Waals surface area (Å²) in [5.74, 6) is -2.32. The Morgan fingerprint density at radius 3 is 2.11 bits per heavy atom. The average molecular weight is 494 g/mol. The Hall–Kier alpha value is -3.64. The van der Waals surface area contributed by atoms with Crippen molar-refractivity contribution in [3.8, 4) is 5.75 Å². The van der Waals surface area contributed by atoms with E-state index < -0.39 is 54.6 Å². The zero-order valence-electron chi connectivity index (χ0n) is 19.5.